The molecule has 0 aliphatic carbocycles. The van der Waals surface area contributed by atoms with Crippen molar-refractivity contribution in [2.45, 2.75) is 51.1 Å². The molecule has 0 unspecified atom stereocenters. The molecule has 3 N–H and O–H groups in total. The molecule has 230 valence electrons. The van der Waals surface area contributed by atoms with Gasteiger partial charge in [0.05, 0.1) is 7.11 Å². The van der Waals surface area contributed by atoms with E-state index in [0.717, 1.165) is 0 Å². The van der Waals surface area contributed by atoms with E-state index in [-0.39, 0.29) is 6.42 Å². The first-order chi connectivity index (χ1) is 20.3. The number of Topliss-reactive ketones (excluding diaryl/α,β-unsaturated/α-hetero) is 1. The number of rotatable bonds is 13. The van der Waals surface area contributed by atoms with Crippen LogP contribution in [-0.4, -0.2) is 48.1 Å². The van der Waals surface area contributed by atoms with Gasteiger partial charge in [-0.15, -0.1) is 0 Å². The summed E-state index contributed by atoms with van der Waals surface area (Å²) in [6.45, 7) is 2.96. The van der Waals surface area contributed by atoms with Crippen molar-refractivity contribution in [2.75, 3.05) is 7.11 Å². The Morgan fingerprint density at radius 1 is 0.930 bits per heavy atom. The Kier molecular flexibility index (Phi) is 11.7. The molecule has 0 fully saturated rings. The summed E-state index contributed by atoms with van der Waals surface area (Å²) in [6.07, 6.45) is -8.32. The lowest BCUT2D eigenvalue weighted by Gasteiger charge is -2.29. The minimum Gasteiger partial charge on any atom is -0.497 e. The number of methoxy groups -OCH3 is 1. The number of benzene rings is 3. The number of ketones is 1. The van der Waals surface area contributed by atoms with Gasteiger partial charge in [0.1, 0.15) is 17.8 Å². The molecule has 7 nitrogen and oxygen atoms in total. The Morgan fingerprint density at radius 3 is 2.14 bits per heavy atom. The minimum atomic E-state index is -4.93. The third kappa shape index (κ3) is 9.56. The van der Waals surface area contributed by atoms with Crippen LogP contribution in [0, 0.1) is 11.8 Å². The van der Waals surface area contributed by atoms with Crippen LogP contribution in [0.2, 0.25) is 5.02 Å². The van der Waals surface area contributed by atoms with Crippen molar-refractivity contribution in [3.8, 4) is 5.75 Å². The summed E-state index contributed by atoms with van der Waals surface area (Å²) in [4.78, 5) is 40.4. The van der Waals surface area contributed by atoms with E-state index in [0.29, 0.717) is 27.5 Å². The fourth-order valence-electron chi connectivity index (χ4n) is 4.63. The predicted octanol–water partition coefficient (Wildman–Crippen LogP) is 5.70. The van der Waals surface area contributed by atoms with Gasteiger partial charge in [-0.25, -0.2) is 0 Å². The Bertz CT molecular complexity index is 1380. The zero-order valence-electron chi connectivity index (χ0n) is 23.9. The molecule has 0 aromatic heterocycles. The lowest BCUT2D eigenvalue weighted by atomic mass is 9.83. The van der Waals surface area contributed by atoms with Gasteiger partial charge in [-0.1, -0.05) is 67.9 Å². The molecule has 0 aliphatic heterocycles. The molecule has 0 heterocycles. The van der Waals surface area contributed by atoms with Crippen LogP contribution < -0.4 is 15.4 Å². The molecular formula is C32H34ClF3N2O5. The Morgan fingerprint density at radius 2 is 1.58 bits per heavy atom. The van der Waals surface area contributed by atoms with Crippen LogP contribution >= 0.6 is 11.6 Å². The molecule has 0 aliphatic rings. The summed E-state index contributed by atoms with van der Waals surface area (Å²) in [5, 5.41) is 15.8. The number of carbonyl (C=O) groups excluding carboxylic acids is 3. The number of aliphatic hydroxyl groups excluding tert-OH is 1. The molecule has 2 amide bonds. The van der Waals surface area contributed by atoms with Crippen LogP contribution in [0.15, 0.2) is 78.9 Å². The second-order valence-corrected chi connectivity index (χ2v) is 10.9. The quantitative estimate of drug-likeness (QED) is 0.228. The first-order valence-electron chi connectivity index (χ1n) is 13.6. The molecule has 43 heavy (non-hydrogen) atoms. The number of carbonyl (C=O) groups is 3. The monoisotopic (exact) mass is 618 g/mol. The van der Waals surface area contributed by atoms with E-state index < -0.39 is 60.2 Å². The second-order valence-electron chi connectivity index (χ2n) is 10.5. The smallest absolute Gasteiger partial charge is 0.414 e. The highest BCUT2D eigenvalue weighted by Crippen LogP contribution is 2.33. The summed E-state index contributed by atoms with van der Waals surface area (Å²) < 4.78 is 45.5. The molecule has 0 spiro atoms. The van der Waals surface area contributed by atoms with E-state index in [1.165, 1.54) is 33.1 Å². The summed E-state index contributed by atoms with van der Waals surface area (Å²) in [5.41, 5.74) is 1.22. The van der Waals surface area contributed by atoms with E-state index in [9.17, 15) is 32.7 Å². The average Bonchev–Trinajstić information content (AvgIpc) is 2.97. The van der Waals surface area contributed by atoms with Gasteiger partial charge < -0.3 is 20.5 Å². The summed E-state index contributed by atoms with van der Waals surface area (Å²) >= 11 is 6.13. The number of alkyl halides is 3. The zero-order valence-corrected chi connectivity index (χ0v) is 24.7. The largest absolute Gasteiger partial charge is 0.497 e. The van der Waals surface area contributed by atoms with E-state index >= 15 is 0 Å². The summed E-state index contributed by atoms with van der Waals surface area (Å²) in [6, 6.07) is 18.5. The van der Waals surface area contributed by atoms with Crippen LogP contribution in [0.25, 0.3) is 0 Å². The van der Waals surface area contributed by atoms with Crippen molar-refractivity contribution >= 4 is 29.2 Å². The van der Waals surface area contributed by atoms with Crippen molar-refractivity contribution < 1.29 is 37.4 Å². The number of hydrogen-bond acceptors (Lipinski definition) is 5. The summed E-state index contributed by atoms with van der Waals surface area (Å²) in [7, 11) is 1.45. The maximum absolute atomic E-state index is 13.8. The number of halogens is 4. The maximum atomic E-state index is 13.8. The van der Waals surface area contributed by atoms with Gasteiger partial charge in [0, 0.05) is 29.3 Å². The molecular weight excluding hydrogens is 585 g/mol. The minimum absolute atomic E-state index is 0.00982. The molecule has 0 radical (unpaired) electrons. The molecule has 0 saturated carbocycles. The highest BCUT2D eigenvalue weighted by atomic mass is 35.5. The predicted molar refractivity (Wildman–Crippen MR) is 157 cm³/mol. The SMILES string of the molecule is COc1ccc([C@H](NC(=O)[C@H](Cc2cccc(Cl)c2)NC(=O)c2ccccc2)C(=O)C[C@@H](C(C)C)[C@H](O)C(F)(F)F)cc1. The Balaban J connectivity index is 1.95. The lowest BCUT2D eigenvalue weighted by molar-refractivity contribution is -0.224. The third-order valence-electron chi connectivity index (χ3n) is 7.08. The molecule has 0 saturated heterocycles. The van der Waals surface area contributed by atoms with Crippen molar-refractivity contribution in [1.29, 1.82) is 0 Å². The van der Waals surface area contributed by atoms with E-state index in [1.54, 1.807) is 66.7 Å². The van der Waals surface area contributed by atoms with Gasteiger partial charge in [0.2, 0.25) is 5.91 Å². The Labute approximate surface area is 253 Å². The van der Waals surface area contributed by atoms with Crippen molar-refractivity contribution in [2.24, 2.45) is 11.8 Å². The van der Waals surface area contributed by atoms with E-state index in [2.05, 4.69) is 10.6 Å². The molecule has 4 atom stereocenters. The maximum Gasteiger partial charge on any atom is 0.414 e. The number of ether oxygens (including phenoxy) is 1. The van der Waals surface area contributed by atoms with Gasteiger partial charge in [-0.3, -0.25) is 14.4 Å². The normalized spacial score (nSPS) is 14.3. The van der Waals surface area contributed by atoms with Crippen molar-refractivity contribution in [3.05, 3.63) is 101 Å². The lowest BCUT2D eigenvalue weighted by Crippen LogP contribution is -2.50. The summed E-state index contributed by atoms with van der Waals surface area (Å²) in [5.74, 6) is -3.71. The molecule has 3 aromatic carbocycles. The number of amides is 2. The third-order valence-corrected chi connectivity index (χ3v) is 7.31. The van der Waals surface area contributed by atoms with Gasteiger partial charge in [-0.2, -0.15) is 13.2 Å². The molecule has 0 bridgehead atoms. The van der Waals surface area contributed by atoms with Crippen molar-refractivity contribution in [1.82, 2.24) is 10.6 Å². The highest BCUT2D eigenvalue weighted by molar-refractivity contribution is 6.30. The van der Waals surface area contributed by atoms with E-state index in [1.807, 2.05) is 0 Å². The van der Waals surface area contributed by atoms with Crippen LogP contribution in [0.5, 0.6) is 5.75 Å². The first-order valence-corrected chi connectivity index (χ1v) is 14.0. The highest BCUT2D eigenvalue weighted by Gasteiger charge is 2.45. The van der Waals surface area contributed by atoms with E-state index in [4.69, 9.17) is 16.3 Å². The fraction of sp³-hybridized carbons (Fsp3) is 0.344. The second kappa shape index (κ2) is 15.0. The van der Waals surface area contributed by atoms with Crippen LogP contribution in [-0.2, 0) is 16.0 Å². The first kappa shape index (κ1) is 33.6. The number of nitrogens with one attached hydrogen (secondary N) is 2. The fourth-order valence-corrected chi connectivity index (χ4v) is 4.85. The van der Waals surface area contributed by atoms with Gasteiger partial charge in [-0.05, 0) is 53.4 Å². The molecule has 11 heteroatoms. The van der Waals surface area contributed by atoms with Crippen LogP contribution in [0.1, 0.15) is 47.8 Å². The molecule has 3 aromatic rings. The Hall–Kier alpha value is -3.89. The van der Waals surface area contributed by atoms with Crippen LogP contribution in [0.4, 0.5) is 13.2 Å². The zero-order chi connectivity index (χ0) is 31.7. The topological polar surface area (TPSA) is 105 Å². The van der Waals surface area contributed by atoms with Gasteiger partial charge in [0.15, 0.2) is 11.9 Å². The molecule has 3 rings (SSSR count). The van der Waals surface area contributed by atoms with Crippen molar-refractivity contribution in [3.63, 3.8) is 0 Å². The standard InChI is InChI=1S/C32H34ClF3N2O5/c1-19(2)25(29(40)32(34,35)36)18-27(39)28(21-12-14-24(43-3)15-13-21)38-31(42)26(17-20-8-7-11-23(33)16-20)37-30(41)22-9-5-4-6-10-22/h4-16,19,25-26,28-29,40H,17-18H2,1-3H3,(H,37,41)(H,38,42)/t25-,26-,28-,29-/m0/s1. The average molecular weight is 619 g/mol. The number of hydrogen-bond donors (Lipinski definition) is 3. The van der Waals surface area contributed by atoms with Crippen LogP contribution in [0.3, 0.4) is 0 Å². The van der Waals surface area contributed by atoms with Gasteiger partial charge >= 0.3 is 6.18 Å². The van der Waals surface area contributed by atoms with Gasteiger partial charge in [0.25, 0.3) is 5.91 Å². The number of aliphatic hydroxyl groups is 1.